The van der Waals surface area contributed by atoms with Gasteiger partial charge in [-0.1, -0.05) is 0 Å². The first-order valence-corrected chi connectivity index (χ1v) is 6.03. The molecule has 2 atom stereocenters. The summed E-state index contributed by atoms with van der Waals surface area (Å²) in [6, 6.07) is 4.10. The predicted molar refractivity (Wildman–Crippen MR) is 67.9 cm³/mol. The lowest BCUT2D eigenvalue weighted by atomic mass is 10.1. The molecule has 0 radical (unpaired) electrons. The summed E-state index contributed by atoms with van der Waals surface area (Å²) in [7, 11) is 2.12. The molecular formula is C12H18N4O2. The number of carbonyl (C=O) groups is 1. The number of nitrogens with zero attached hydrogens (tertiary/aromatic N) is 4. The van der Waals surface area contributed by atoms with Gasteiger partial charge in [0.25, 0.3) is 0 Å². The lowest BCUT2D eigenvalue weighted by molar-refractivity contribution is 0.0689. The van der Waals surface area contributed by atoms with Gasteiger partial charge in [0.15, 0.2) is 11.5 Å². The molecule has 0 aromatic carbocycles. The van der Waals surface area contributed by atoms with Crippen LogP contribution in [0.4, 0.5) is 5.82 Å². The third-order valence-corrected chi connectivity index (χ3v) is 3.55. The molecule has 1 aromatic rings. The van der Waals surface area contributed by atoms with Gasteiger partial charge in [-0.15, -0.1) is 10.2 Å². The second-order valence-electron chi connectivity index (χ2n) is 4.85. The molecule has 98 valence electrons. The fourth-order valence-corrected chi connectivity index (χ4v) is 2.20. The molecule has 0 bridgehead atoms. The number of hydrogen-bond donors (Lipinski definition) is 1. The molecule has 0 spiro atoms. The molecule has 1 N–H and O–H groups in total. The van der Waals surface area contributed by atoms with Crippen molar-refractivity contribution in [1.82, 2.24) is 15.1 Å². The lowest BCUT2D eigenvalue weighted by Crippen LogP contribution is -2.55. The first kappa shape index (κ1) is 12.8. The van der Waals surface area contributed by atoms with E-state index in [4.69, 9.17) is 5.11 Å². The average molecular weight is 250 g/mol. The molecule has 2 rings (SSSR count). The Morgan fingerprint density at radius 2 is 1.89 bits per heavy atom. The molecule has 6 heteroatoms. The smallest absolute Gasteiger partial charge is 0.356 e. The third kappa shape index (κ3) is 2.43. The zero-order chi connectivity index (χ0) is 13.3. The Morgan fingerprint density at radius 1 is 1.28 bits per heavy atom. The molecule has 1 saturated heterocycles. The number of carboxylic acids is 1. The summed E-state index contributed by atoms with van der Waals surface area (Å²) in [5.74, 6) is -0.305. The van der Waals surface area contributed by atoms with E-state index in [-0.39, 0.29) is 5.69 Å². The van der Waals surface area contributed by atoms with Gasteiger partial charge in [0.1, 0.15) is 0 Å². The molecule has 0 saturated carbocycles. The Kier molecular flexibility index (Phi) is 3.47. The third-order valence-electron chi connectivity index (χ3n) is 3.55. The second kappa shape index (κ2) is 4.89. The van der Waals surface area contributed by atoms with Crippen LogP contribution in [0.3, 0.4) is 0 Å². The van der Waals surface area contributed by atoms with Gasteiger partial charge in [0.2, 0.25) is 0 Å². The van der Waals surface area contributed by atoms with Crippen molar-refractivity contribution in [2.75, 3.05) is 25.0 Å². The number of aromatic carboxylic acids is 1. The Labute approximate surface area is 106 Å². The second-order valence-corrected chi connectivity index (χ2v) is 4.85. The van der Waals surface area contributed by atoms with E-state index in [9.17, 15) is 4.79 Å². The topological polar surface area (TPSA) is 69.6 Å². The minimum atomic E-state index is -1.05. The van der Waals surface area contributed by atoms with Gasteiger partial charge >= 0.3 is 5.97 Å². The van der Waals surface area contributed by atoms with E-state index < -0.39 is 5.97 Å². The van der Waals surface area contributed by atoms with E-state index >= 15 is 0 Å². The summed E-state index contributed by atoms with van der Waals surface area (Å²) in [5.41, 5.74) is -0.0195. The molecule has 0 amide bonds. The van der Waals surface area contributed by atoms with Gasteiger partial charge in [0.05, 0.1) is 0 Å². The van der Waals surface area contributed by atoms with E-state index in [1.54, 1.807) is 6.07 Å². The summed E-state index contributed by atoms with van der Waals surface area (Å²) >= 11 is 0. The van der Waals surface area contributed by atoms with E-state index in [1.165, 1.54) is 6.07 Å². The maximum Gasteiger partial charge on any atom is 0.356 e. The van der Waals surface area contributed by atoms with Gasteiger partial charge in [-0.2, -0.15) is 0 Å². The fraction of sp³-hybridized carbons (Fsp3) is 0.583. The van der Waals surface area contributed by atoms with Crippen molar-refractivity contribution in [3.05, 3.63) is 17.8 Å². The van der Waals surface area contributed by atoms with Crippen LogP contribution in [0.1, 0.15) is 24.3 Å². The van der Waals surface area contributed by atoms with E-state index in [1.807, 2.05) is 0 Å². The number of likely N-dealkylation sites (N-methyl/N-ethyl adjacent to an activating group) is 1. The molecule has 1 aliphatic heterocycles. The number of anilines is 1. The van der Waals surface area contributed by atoms with Crippen molar-refractivity contribution in [2.24, 2.45) is 0 Å². The largest absolute Gasteiger partial charge is 0.476 e. The number of carboxylic acid groups (broad SMARTS) is 1. The van der Waals surface area contributed by atoms with Crippen LogP contribution >= 0.6 is 0 Å². The zero-order valence-electron chi connectivity index (χ0n) is 10.9. The fourth-order valence-electron chi connectivity index (χ4n) is 2.20. The molecule has 0 aliphatic carbocycles. The Balaban J connectivity index is 2.14. The molecule has 1 fully saturated rings. The van der Waals surface area contributed by atoms with Crippen molar-refractivity contribution >= 4 is 11.8 Å². The minimum Gasteiger partial charge on any atom is -0.476 e. The first-order valence-electron chi connectivity index (χ1n) is 6.03. The molecule has 1 aromatic heterocycles. The quantitative estimate of drug-likeness (QED) is 0.833. The summed E-state index contributed by atoms with van der Waals surface area (Å²) in [5, 5.41) is 16.5. The van der Waals surface area contributed by atoms with Crippen LogP contribution < -0.4 is 4.90 Å². The number of rotatable bonds is 2. The maximum absolute atomic E-state index is 10.7. The summed E-state index contributed by atoms with van der Waals surface area (Å²) in [4.78, 5) is 15.2. The highest BCUT2D eigenvalue weighted by atomic mass is 16.4. The number of aromatic nitrogens is 2. The molecule has 2 heterocycles. The van der Waals surface area contributed by atoms with Crippen LogP contribution in [0.2, 0.25) is 0 Å². The van der Waals surface area contributed by atoms with Crippen LogP contribution in [-0.4, -0.2) is 58.4 Å². The van der Waals surface area contributed by atoms with Crippen molar-refractivity contribution in [2.45, 2.75) is 25.9 Å². The standard InChI is InChI=1S/C12H18N4O2/c1-8-6-16(7-9(2)15(8)3)11-5-4-10(12(17)18)13-14-11/h4-5,8-9H,6-7H2,1-3H3,(H,17,18). The summed E-state index contributed by atoms with van der Waals surface area (Å²) < 4.78 is 0. The average Bonchev–Trinajstić information content (AvgIpc) is 2.35. The Morgan fingerprint density at radius 3 is 2.33 bits per heavy atom. The summed E-state index contributed by atoms with van der Waals surface area (Å²) in [6.45, 7) is 6.09. The Bertz CT molecular complexity index is 422. The maximum atomic E-state index is 10.7. The van der Waals surface area contributed by atoms with Gasteiger partial charge < -0.3 is 10.0 Å². The molecule has 1 aliphatic rings. The minimum absolute atomic E-state index is 0.0195. The van der Waals surface area contributed by atoms with Gasteiger partial charge in [0, 0.05) is 25.2 Å². The van der Waals surface area contributed by atoms with E-state index in [2.05, 4.69) is 40.9 Å². The monoisotopic (exact) mass is 250 g/mol. The van der Waals surface area contributed by atoms with Crippen molar-refractivity contribution in [1.29, 1.82) is 0 Å². The normalized spacial score (nSPS) is 25.2. The van der Waals surface area contributed by atoms with Crippen molar-refractivity contribution in [3.8, 4) is 0 Å². The predicted octanol–water partition coefficient (Wildman–Crippen LogP) is 0.704. The van der Waals surface area contributed by atoms with Crippen LogP contribution in [0.15, 0.2) is 12.1 Å². The van der Waals surface area contributed by atoms with Crippen LogP contribution in [0, 0.1) is 0 Å². The van der Waals surface area contributed by atoms with Crippen molar-refractivity contribution in [3.63, 3.8) is 0 Å². The van der Waals surface area contributed by atoms with E-state index in [0.717, 1.165) is 18.9 Å². The van der Waals surface area contributed by atoms with Crippen LogP contribution in [-0.2, 0) is 0 Å². The SMILES string of the molecule is CC1CN(c2ccc(C(=O)O)nn2)CC(C)N1C. The highest BCUT2D eigenvalue weighted by molar-refractivity contribution is 5.85. The molecule has 18 heavy (non-hydrogen) atoms. The highest BCUT2D eigenvalue weighted by Crippen LogP contribution is 2.18. The first-order chi connectivity index (χ1) is 8.49. The van der Waals surface area contributed by atoms with Crippen LogP contribution in [0.25, 0.3) is 0 Å². The zero-order valence-corrected chi connectivity index (χ0v) is 10.9. The van der Waals surface area contributed by atoms with Gasteiger partial charge in [-0.3, -0.25) is 4.90 Å². The number of piperazine rings is 1. The van der Waals surface area contributed by atoms with Crippen molar-refractivity contribution < 1.29 is 9.90 Å². The highest BCUT2D eigenvalue weighted by Gasteiger charge is 2.27. The number of hydrogen-bond acceptors (Lipinski definition) is 5. The molecule has 6 nitrogen and oxygen atoms in total. The lowest BCUT2D eigenvalue weighted by Gasteiger charge is -2.42. The van der Waals surface area contributed by atoms with Crippen LogP contribution in [0.5, 0.6) is 0 Å². The van der Waals surface area contributed by atoms with Gasteiger partial charge in [-0.25, -0.2) is 4.79 Å². The summed E-state index contributed by atoms with van der Waals surface area (Å²) in [6.07, 6.45) is 0. The van der Waals surface area contributed by atoms with E-state index in [0.29, 0.717) is 12.1 Å². The Hall–Kier alpha value is -1.69. The van der Waals surface area contributed by atoms with Gasteiger partial charge in [-0.05, 0) is 33.0 Å². The molecule has 2 unspecified atom stereocenters. The molecular weight excluding hydrogens is 232 g/mol.